The van der Waals surface area contributed by atoms with Crippen LogP contribution in [0.25, 0.3) is 22.3 Å². The van der Waals surface area contributed by atoms with Gasteiger partial charge in [-0.05, 0) is 33.4 Å². The molecule has 12 heteroatoms. The van der Waals surface area contributed by atoms with Crippen molar-refractivity contribution < 1.29 is 0 Å². The molecule has 0 amide bonds. The van der Waals surface area contributed by atoms with Crippen molar-refractivity contribution in [2.75, 3.05) is 17.2 Å². The number of rotatable bonds is 4. The molecule has 0 aliphatic rings. The zero-order chi connectivity index (χ0) is 22.0. The van der Waals surface area contributed by atoms with Crippen LogP contribution in [0.2, 0.25) is 0 Å². The van der Waals surface area contributed by atoms with Crippen molar-refractivity contribution in [1.29, 1.82) is 0 Å². The summed E-state index contributed by atoms with van der Waals surface area (Å²) in [6.07, 6.45) is 3.53. The summed E-state index contributed by atoms with van der Waals surface area (Å²) >= 11 is 6.69. The third kappa shape index (κ3) is 4.38. The highest BCUT2D eigenvalue weighted by atomic mass is 32.2. The topological polar surface area (TPSA) is 142 Å². The molecule has 0 saturated carbocycles. The van der Waals surface area contributed by atoms with E-state index in [-0.39, 0.29) is 0 Å². The Morgan fingerprint density at radius 1 is 1.00 bits per heavy atom. The van der Waals surface area contributed by atoms with E-state index in [9.17, 15) is 0 Å². The van der Waals surface area contributed by atoms with Gasteiger partial charge in [-0.1, -0.05) is 19.1 Å². The molecule has 4 rings (SSSR count). The molecule has 0 atom stereocenters. The smallest absolute Gasteiger partial charge is 0.223 e. The first-order valence-electron chi connectivity index (χ1n) is 9.58. The lowest BCUT2D eigenvalue weighted by Crippen LogP contribution is -2.03. The number of anilines is 2. The second kappa shape index (κ2) is 8.96. The van der Waals surface area contributed by atoms with Gasteiger partial charge in [-0.15, -0.1) is 11.8 Å². The molecule has 0 unspecified atom stereocenters. The van der Waals surface area contributed by atoms with E-state index in [2.05, 4.69) is 64.5 Å². The van der Waals surface area contributed by atoms with Crippen LogP contribution in [-0.4, -0.2) is 44.8 Å². The predicted molar refractivity (Wildman–Crippen MR) is 124 cm³/mol. The van der Waals surface area contributed by atoms with Gasteiger partial charge in [0.05, 0.1) is 12.7 Å². The van der Waals surface area contributed by atoms with Crippen molar-refractivity contribution in [1.82, 2.24) is 39.0 Å². The Morgan fingerprint density at radius 2 is 1.63 bits per heavy atom. The molecule has 0 radical (unpaired) electrons. The monoisotopic (exact) mass is 446 g/mol. The van der Waals surface area contributed by atoms with Crippen molar-refractivity contribution in [2.24, 2.45) is 0 Å². The first-order chi connectivity index (χ1) is 14.2. The molecule has 0 spiro atoms. The van der Waals surface area contributed by atoms with Crippen LogP contribution < -0.4 is 11.5 Å². The van der Waals surface area contributed by atoms with Gasteiger partial charge in [0.1, 0.15) is 21.7 Å². The van der Waals surface area contributed by atoms with Crippen LogP contribution >= 0.6 is 24.0 Å². The van der Waals surface area contributed by atoms with E-state index < -0.39 is 0 Å². The molecule has 0 aliphatic carbocycles. The number of H-pyrrole nitrogens is 1. The van der Waals surface area contributed by atoms with E-state index in [0.717, 1.165) is 27.6 Å². The maximum absolute atomic E-state index is 5.71. The summed E-state index contributed by atoms with van der Waals surface area (Å²) in [6.45, 7) is 10.4. The summed E-state index contributed by atoms with van der Waals surface area (Å²) in [6, 6.07) is 0.631. The number of nitrogens with two attached hydrogens (primary N) is 2. The quantitative estimate of drug-likeness (QED) is 0.242. The lowest BCUT2D eigenvalue weighted by molar-refractivity contribution is 0.612. The SMILES string of the molecule is CC(C)n1cnc2c(=S)nc(N)[nH]c21.CCSc1nc(N)nc2c1ncn2C(C)C. The molecule has 4 aromatic heterocycles. The number of aromatic amines is 1. The summed E-state index contributed by atoms with van der Waals surface area (Å²) < 4.78 is 4.42. The molecular formula is C18H26N10S2. The van der Waals surface area contributed by atoms with Gasteiger partial charge in [-0.25, -0.2) is 19.9 Å². The molecule has 0 fully saturated rings. The summed E-state index contributed by atoms with van der Waals surface area (Å²) in [5.41, 5.74) is 14.5. The van der Waals surface area contributed by atoms with Crippen LogP contribution in [0.4, 0.5) is 11.9 Å². The fourth-order valence-corrected chi connectivity index (χ4v) is 3.83. The third-order valence-electron chi connectivity index (χ3n) is 4.27. The summed E-state index contributed by atoms with van der Waals surface area (Å²) in [5, 5.41) is 0.865. The first-order valence-corrected chi connectivity index (χ1v) is 11.0. The van der Waals surface area contributed by atoms with Crippen molar-refractivity contribution in [2.45, 2.75) is 51.7 Å². The van der Waals surface area contributed by atoms with Crippen molar-refractivity contribution in [3.8, 4) is 0 Å². The Balaban J connectivity index is 0.000000172. The van der Waals surface area contributed by atoms with Gasteiger partial charge < -0.3 is 25.6 Å². The molecule has 160 valence electrons. The standard InChI is InChI=1S/C10H15N5S.C8H11N5S/c1-4-16-9-7-8(13-10(11)14-9)15(5-12-7)6(2)3;1-4(2)13-3-10-5-6(13)11-8(9)12-7(5)14/h5-6H,4H2,1-3H3,(H2,11,13,14);3-4H,1-2H3,(H3,9,11,12,14). The van der Waals surface area contributed by atoms with Crippen LogP contribution in [0.5, 0.6) is 0 Å². The Bertz CT molecular complexity index is 1220. The molecule has 10 nitrogen and oxygen atoms in total. The van der Waals surface area contributed by atoms with Gasteiger partial charge in [0.25, 0.3) is 0 Å². The van der Waals surface area contributed by atoms with E-state index in [4.69, 9.17) is 23.7 Å². The molecule has 0 bridgehead atoms. The minimum Gasteiger partial charge on any atom is -0.369 e. The average molecular weight is 447 g/mol. The highest BCUT2D eigenvalue weighted by molar-refractivity contribution is 7.99. The zero-order valence-corrected chi connectivity index (χ0v) is 19.3. The Morgan fingerprint density at radius 3 is 2.27 bits per heavy atom. The van der Waals surface area contributed by atoms with E-state index in [1.807, 2.05) is 9.13 Å². The van der Waals surface area contributed by atoms with Gasteiger partial charge in [0, 0.05) is 12.1 Å². The number of hydrogen-bond donors (Lipinski definition) is 3. The van der Waals surface area contributed by atoms with Crippen LogP contribution in [-0.2, 0) is 0 Å². The predicted octanol–water partition coefficient (Wildman–Crippen LogP) is 3.75. The molecule has 5 N–H and O–H groups in total. The minimum absolute atomic E-state index is 0.311. The Labute approximate surface area is 183 Å². The molecule has 0 saturated heterocycles. The second-order valence-corrected chi connectivity index (χ2v) is 8.75. The van der Waals surface area contributed by atoms with Gasteiger partial charge in [0.15, 0.2) is 16.2 Å². The summed E-state index contributed by atoms with van der Waals surface area (Å²) in [7, 11) is 0. The first kappa shape index (κ1) is 22.0. The largest absolute Gasteiger partial charge is 0.369 e. The van der Waals surface area contributed by atoms with E-state index >= 15 is 0 Å². The Hall–Kier alpha value is -2.73. The number of imidazole rings is 2. The number of aromatic nitrogens is 8. The molecule has 4 heterocycles. The van der Waals surface area contributed by atoms with E-state index in [1.165, 1.54) is 0 Å². The zero-order valence-electron chi connectivity index (χ0n) is 17.6. The second-order valence-electron chi connectivity index (χ2n) is 7.11. The van der Waals surface area contributed by atoms with Crippen LogP contribution in [0, 0.1) is 4.64 Å². The normalized spacial score (nSPS) is 11.4. The molecule has 4 aromatic rings. The molecular weight excluding hydrogens is 420 g/mol. The van der Waals surface area contributed by atoms with Crippen molar-refractivity contribution >= 4 is 58.2 Å². The number of nitrogens with one attached hydrogen (secondary N) is 1. The maximum atomic E-state index is 5.71. The number of nitrogens with zero attached hydrogens (tertiary/aromatic N) is 7. The van der Waals surface area contributed by atoms with Crippen LogP contribution in [0.15, 0.2) is 17.7 Å². The van der Waals surface area contributed by atoms with Gasteiger partial charge in [0.2, 0.25) is 5.95 Å². The number of thioether (sulfide) groups is 1. The fraction of sp³-hybridized carbons (Fsp3) is 0.444. The van der Waals surface area contributed by atoms with Crippen LogP contribution in [0.3, 0.4) is 0 Å². The highest BCUT2D eigenvalue weighted by Crippen LogP contribution is 2.26. The minimum atomic E-state index is 0.311. The molecule has 0 aliphatic heterocycles. The van der Waals surface area contributed by atoms with Gasteiger partial charge in [-0.2, -0.15) is 4.98 Å². The Kier molecular flexibility index (Phi) is 6.56. The summed E-state index contributed by atoms with van der Waals surface area (Å²) in [4.78, 5) is 23.9. The number of fused-ring (bicyclic) bond motifs is 2. The maximum Gasteiger partial charge on any atom is 0.223 e. The van der Waals surface area contributed by atoms with Gasteiger partial charge in [-0.3, -0.25) is 0 Å². The lowest BCUT2D eigenvalue weighted by atomic mass is 10.4. The lowest BCUT2D eigenvalue weighted by Gasteiger charge is -2.07. The average Bonchev–Trinajstić information content (AvgIpc) is 3.26. The number of hydrogen-bond acceptors (Lipinski definition) is 9. The molecule has 30 heavy (non-hydrogen) atoms. The van der Waals surface area contributed by atoms with E-state index in [1.54, 1.807) is 24.4 Å². The summed E-state index contributed by atoms with van der Waals surface area (Å²) in [5.74, 6) is 1.58. The van der Waals surface area contributed by atoms with Gasteiger partial charge >= 0.3 is 0 Å². The highest BCUT2D eigenvalue weighted by Gasteiger charge is 2.13. The van der Waals surface area contributed by atoms with Crippen molar-refractivity contribution in [3.63, 3.8) is 0 Å². The van der Waals surface area contributed by atoms with Crippen LogP contribution in [0.1, 0.15) is 46.7 Å². The van der Waals surface area contributed by atoms with E-state index in [0.29, 0.717) is 34.1 Å². The number of nitrogen functional groups attached to an aromatic ring is 2. The third-order valence-corrected chi connectivity index (χ3v) is 5.40. The van der Waals surface area contributed by atoms with Crippen molar-refractivity contribution in [3.05, 3.63) is 17.3 Å². The fourth-order valence-electron chi connectivity index (χ4n) is 2.87. The molecule has 0 aromatic carbocycles.